The Morgan fingerprint density at radius 2 is 0.470 bits per heavy atom. The monoisotopic (exact) mass is 1150 g/mol. The van der Waals surface area contributed by atoms with E-state index in [-0.39, 0.29) is 31.1 Å². The Kier molecular flexibility index (Phi) is 66.3. The van der Waals surface area contributed by atoms with E-state index in [0.717, 1.165) is 148 Å². The summed E-state index contributed by atoms with van der Waals surface area (Å²) in [5.74, 6) is -0.898. The molecule has 0 saturated carbocycles. The summed E-state index contributed by atoms with van der Waals surface area (Å²) in [5, 5.41) is 0. The molecule has 0 amide bonds. The Hall–Kier alpha value is -4.45. The molecule has 472 valence electrons. The summed E-state index contributed by atoms with van der Waals surface area (Å²) >= 11 is 0. The third-order valence-corrected chi connectivity index (χ3v) is 14.7. The number of carbonyl (C=O) groups excluding carboxylic acids is 3. The first kappa shape index (κ1) is 78.5. The molecule has 0 aromatic rings. The standard InChI is InChI=1S/C77H128O6/c1-4-7-10-13-16-19-22-24-26-28-30-32-33-34-35-36-37-38-39-40-41-42-43-45-46-48-50-52-55-58-61-64-67-70-76(79)82-73-74(72-81-75(78)69-66-63-60-57-54-21-18-15-12-9-6-3)83-77(80)71-68-65-62-59-56-53-51-49-47-44-31-29-27-25-23-20-17-14-11-8-5-2/h7-8,10-11,16-17,19-20,24-27,30-32,34-35,37-38,44,49,51,74H,4-6,9,12-15,18,21-23,28-29,33,36,39-43,45-48,50,52-73H2,1-3H3/b10-7-,11-8-,19-16-,20-17-,26-24-,27-25-,32-30-,35-34-,38-37-,44-31-,51-49-. The van der Waals surface area contributed by atoms with Crippen LogP contribution in [0.3, 0.4) is 0 Å². The zero-order chi connectivity index (χ0) is 59.9. The van der Waals surface area contributed by atoms with Gasteiger partial charge in [-0.3, -0.25) is 14.4 Å². The summed E-state index contributed by atoms with van der Waals surface area (Å²) in [7, 11) is 0. The lowest BCUT2D eigenvalue weighted by atomic mass is 10.0. The smallest absolute Gasteiger partial charge is 0.306 e. The van der Waals surface area contributed by atoms with Gasteiger partial charge in [0.2, 0.25) is 0 Å². The van der Waals surface area contributed by atoms with Gasteiger partial charge in [0.15, 0.2) is 6.10 Å². The Morgan fingerprint density at radius 3 is 0.735 bits per heavy atom. The molecular weight excluding hydrogens is 1020 g/mol. The molecule has 0 radical (unpaired) electrons. The minimum Gasteiger partial charge on any atom is -0.462 e. The van der Waals surface area contributed by atoms with Crippen molar-refractivity contribution in [2.45, 2.75) is 322 Å². The maximum absolute atomic E-state index is 12.9. The van der Waals surface area contributed by atoms with Crippen LogP contribution in [0.2, 0.25) is 0 Å². The molecule has 83 heavy (non-hydrogen) atoms. The van der Waals surface area contributed by atoms with Crippen molar-refractivity contribution in [2.75, 3.05) is 13.2 Å². The molecule has 6 nitrogen and oxygen atoms in total. The lowest BCUT2D eigenvalue weighted by molar-refractivity contribution is -0.167. The molecule has 0 aromatic heterocycles. The molecule has 0 aromatic carbocycles. The number of hydrogen-bond acceptors (Lipinski definition) is 6. The van der Waals surface area contributed by atoms with Crippen molar-refractivity contribution in [3.63, 3.8) is 0 Å². The second-order valence-electron chi connectivity index (χ2n) is 22.7. The fraction of sp³-hybridized carbons (Fsp3) is 0.675. The van der Waals surface area contributed by atoms with E-state index in [2.05, 4.69) is 154 Å². The molecule has 0 N–H and O–H groups in total. The average molecular weight is 1150 g/mol. The number of ether oxygens (including phenoxy) is 3. The summed E-state index contributed by atoms with van der Waals surface area (Å²) in [4.78, 5) is 38.3. The molecule has 0 rings (SSSR count). The third kappa shape index (κ3) is 68.2. The summed E-state index contributed by atoms with van der Waals surface area (Å²) in [6, 6.07) is 0. The highest BCUT2D eigenvalue weighted by molar-refractivity contribution is 5.71. The predicted octanol–water partition coefficient (Wildman–Crippen LogP) is 24.1. The molecule has 0 aliphatic heterocycles. The Labute approximate surface area is 513 Å². The van der Waals surface area contributed by atoms with Gasteiger partial charge in [0.25, 0.3) is 0 Å². The van der Waals surface area contributed by atoms with Gasteiger partial charge in [-0.15, -0.1) is 0 Å². The first-order valence-electron chi connectivity index (χ1n) is 34.7. The number of allylic oxidation sites excluding steroid dienone is 22. The predicted molar refractivity (Wildman–Crippen MR) is 362 cm³/mol. The zero-order valence-corrected chi connectivity index (χ0v) is 54.2. The molecule has 0 fully saturated rings. The van der Waals surface area contributed by atoms with Crippen molar-refractivity contribution in [3.8, 4) is 0 Å². The van der Waals surface area contributed by atoms with Crippen LogP contribution in [0, 0.1) is 0 Å². The van der Waals surface area contributed by atoms with Crippen LogP contribution in [0.1, 0.15) is 316 Å². The van der Waals surface area contributed by atoms with E-state index in [1.165, 1.54) is 128 Å². The SMILES string of the molecule is CC/C=C\C/C=C\C/C=C\C/C=C\C/C=C\C/C=C\CCCCCCCCCCCCCCCCC(=O)OCC(COC(=O)CCCCCCCCCCCCC)OC(=O)CCCCCCC/C=C\C/C=C\C/C=C\C/C=C\C/C=C\CC. The van der Waals surface area contributed by atoms with Crippen molar-refractivity contribution in [2.24, 2.45) is 0 Å². The topological polar surface area (TPSA) is 78.9 Å². The van der Waals surface area contributed by atoms with E-state index in [4.69, 9.17) is 14.2 Å². The Morgan fingerprint density at radius 1 is 0.253 bits per heavy atom. The molecule has 1 unspecified atom stereocenters. The quantitative estimate of drug-likeness (QED) is 0.0261. The van der Waals surface area contributed by atoms with E-state index >= 15 is 0 Å². The summed E-state index contributed by atoms with van der Waals surface area (Å²) in [6.07, 6.45) is 99.0. The van der Waals surface area contributed by atoms with Gasteiger partial charge in [-0.05, 0) is 116 Å². The molecule has 0 saturated heterocycles. The lowest BCUT2D eigenvalue weighted by Crippen LogP contribution is -2.30. The largest absolute Gasteiger partial charge is 0.462 e. The third-order valence-electron chi connectivity index (χ3n) is 14.7. The molecule has 0 aliphatic carbocycles. The summed E-state index contributed by atoms with van der Waals surface area (Å²) < 4.78 is 16.9. The van der Waals surface area contributed by atoms with Crippen LogP contribution in [-0.2, 0) is 28.6 Å². The van der Waals surface area contributed by atoms with Gasteiger partial charge in [0.05, 0.1) is 0 Å². The van der Waals surface area contributed by atoms with Gasteiger partial charge in [-0.2, -0.15) is 0 Å². The van der Waals surface area contributed by atoms with Crippen molar-refractivity contribution < 1.29 is 28.6 Å². The molecule has 0 heterocycles. The molecule has 0 aliphatic rings. The van der Waals surface area contributed by atoms with E-state index in [9.17, 15) is 14.4 Å². The molecular formula is C77H128O6. The van der Waals surface area contributed by atoms with Crippen molar-refractivity contribution >= 4 is 17.9 Å². The molecule has 0 spiro atoms. The van der Waals surface area contributed by atoms with E-state index < -0.39 is 6.10 Å². The normalized spacial score (nSPS) is 13.0. The number of esters is 3. The van der Waals surface area contributed by atoms with Crippen LogP contribution in [0.25, 0.3) is 0 Å². The first-order valence-corrected chi connectivity index (χ1v) is 34.7. The number of unbranched alkanes of at least 4 members (excludes halogenated alkanes) is 29. The van der Waals surface area contributed by atoms with Gasteiger partial charge in [0.1, 0.15) is 13.2 Å². The van der Waals surface area contributed by atoms with Crippen LogP contribution in [-0.4, -0.2) is 37.2 Å². The van der Waals surface area contributed by atoms with E-state index in [0.29, 0.717) is 19.3 Å². The second-order valence-corrected chi connectivity index (χ2v) is 22.7. The lowest BCUT2D eigenvalue weighted by Gasteiger charge is -2.18. The number of carbonyl (C=O) groups is 3. The van der Waals surface area contributed by atoms with Crippen LogP contribution >= 0.6 is 0 Å². The summed E-state index contributed by atoms with van der Waals surface area (Å²) in [5.41, 5.74) is 0. The van der Waals surface area contributed by atoms with E-state index in [1.54, 1.807) is 0 Å². The highest BCUT2D eigenvalue weighted by Crippen LogP contribution is 2.17. The van der Waals surface area contributed by atoms with Crippen LogP contribution in [0.15, 0.2) is 134 Å². The summed E-state index contributed by atoms with van der Waals surface area (Å²) in [6.45, 7) is 6.41. The van der Waals surface area contributed by atoms with Gasteiger partial charge >= 0.3 is 17.9 Å². The minimum atomic E-state index is -0.791. The first-order chi connectivity index (χ1) is 41.0. The number of hydrogen-bond donors (Lipinski definition) is 0. The highest BCUT2D eigenvalue weighted by Gasteiger charge is 2.19. The van der Waals surface area contributed by atoms with Gasteiger partial charge in [-0.1, -0.05) is 315 Å². The van der Waals surface area contributed by atoms with Crippen molar-refractivity contribution in [3.05, 3.63) is 134 Å². The fourth-order valence-electron chi connectivity index (χ4n) is 9.53. The Balaban J connectivity index is 4.23. The Bertz CT molecular complexity index is 1750. The zero-order valence-electron chi connectivity index (χ0n) is 54.2. The van der Waals surface area contributed by atoms with Crippen LogP contribution < -0.4 is 0 Å². The molecule has 6 heteroatoms. The van der Waals surface area contributed by atoms with Gasteiger partial charge in [-0.25, -0.2) is 0 Å². The fourth-order valence-corrected chi connectivity index (χ4v) is 9.53. The second kappa shape index (κ2) is 70.0. The highest BCUT2D eigenvalue weighted by atomic mass is 16.6. The molecule has 1 atom stereocenters. The maximum atomic E-state index is 12.9. The van der Waals surface area contributed by atoms with Crippen LogP contribution in [0.5, 0.6) is 0 Å². The average Bonchev–Trinajstić information content (AvgIpc) is 3.48. The van der Waals surface area contributed by atoms with E-state index in [1.807, 2.05) is 0 Å². The minimum absolute atomic E-state index is 0.0853. The van der Waals surface area contributed by atoms with Gasteiger partial charge < -0.3 is 14.2 Å². The van der Waals surface area contributed by atoms with Crippen molar-refractivity contribution in [1.29, 1.82) is 0 Å². The van der Waals surface area contributed by atoms with Crippen LogP contribution in [0.4, 0.5) is 0 Å². The van der Waals surface area contributed by atoms with Gasteiger partial charge in [0, 0.05) is 19.3 Å². The number of rotatable bonds is 62. The molecule has 0 bridgehead atoms. The maximum Gasteiger partial charge on any atom is 0.306 e. The van der Waals surface area contributed by atoms with Crippen molar-refractivity contribution in [1.82, 2.24) is 0 Å².